The summed E-state index contributed by atoms with van der Waals surface area (Å²) in [6, 6.07) is 0. The molecule has 1 saturated carbocycles. The van der Waals surface area contributed by atoms with Crippen molar-refractivity contribution >= 4 is 17.7 Å². The Hall–Kier alpha value is -1.39. The molecule has 0 bridgehead atoms. The van der Waals surface area contributed by atoms with Gasteiger partial charge in [0.25, 0.3) is 0 Å². The molecule has 0 radical (unpaired) electrons. The van der Waals surface area contributed by atoms with Gasteiger partial charge in [-0.3, -0.25) is 19.3 Å². The highest BCUT2D eigenvalue weighted by Gasteiger charge is 2.27. The number of primary amides is 1. The van der Waals surface area contributed by atoms with Crippen LogP contribution in [0, 0.1) is 11.8 Å². The van der Waals surface area contributed by atoms with Crippen LogP contribution in [0.2, 0.25) is 0 Å². The fraction of sp³-hybridized carbons (Fsp3) is 0.750. The maximum Gasteiger partial charge on any atom is 0.226 e. The van der Waals surface area contributed by atoms with E-state index in [0.29, 0.717) is 12.5 Å². The highest BCUT2D eigenvalue weighted by atomic mass is 16.2. The molecule has 0 aromatic heterocycles. The Labute approximate surface area is 101 Å². The second-order valence-corrected chi connectivity index (χ2v) is 4.77. The molecular weight excluding hydrogens is 220 g/mol. The highest BCUT2D eigenvalue weighted by molar-refractivity contribution is 5.92. The van der Waals surface area contributed by atoms with E-state index in [9.17, 15) is 14.4 Å². The summed E-state index contributed by atoms with van der Waals surface area (Å²) in [6.45, 7) is 3.27. The maximum atomic E-state index is 11.3. The topological polar surface area (TPSA) is 80.5 Å². The normalized spacial score (nSPS) is 24.1. The number of nitrogens with two attached hydrogens (primary N) is 1. The zero-order chi connectivity index (χ0) is 13.0. The molecule has 0 saturated heterocycles. The van der Waals surface area contributed by atoms with Crippen LogP contribution in [0.15, 0.2) is 0 Å². The van der Waals surface area contributed by atoms with Crippen LogP contribution in [0.5, 0.6) is 0 Å². The van der Waals surface area contributed by atoms with Crippen LogP contribution in [0.4, 0.5) is 0 Å². The minimum Gasteiger partial charge on any atom is -0.369 e. The van der Waals surface area contributed by atoms with Gasteiger partial charge in [0.05, 0.1) is 0 Å². The second-order valence-electron chi connectivity index (χ2n) is 4.77. The van der Waals surface area contributed by atoms with Gasteiger partial charge in [-0.15, -0.1) is 0 Å². The summed E-state index contributed by atoms with van der Waals surface area (Å²) in [6.07, 6.45) is 3.24. The first kappa shape index (κ1) is 13.7. The van der Waals surface area contributed by atoms with Crippen molar-refractivity contribution in [1.29, 1.82) is 0 Å². The van der Waals surface area contributed by atoms with Crippen molar-refractivity contribution in [2.24, 2.45) is 17.6 Å². The summed E-state index contributed by atoms with van der Waals surface area (Å²) < 4.78 is 0. The Balaban J connectivity index is 2.46. The molecule has 0 aliphatic heterocycles. The zero-order valence-electron chi connectivity index (χ0n) is 10.4. The van der Waals surface area contributed by atoms with E-state index in [1.807, 2.05) is 0 Å². The summed E-state index contributed by atoms with van der Waals surface area (Å²) >= 11 is 0. The minimum atomic E-state index is -0.238. The van der Waals surface area contributed by atoms with E-state index in [-0.39, 0.29) is 23.6 Å². The standard InChI is InChI=1S/C12H20N2O3/c1-8(15)14(9(2)16)7-10-3-5-11(6-4-10)12(13)17/h10-11H,3-7H2,1-2H3,(H2,13,17). The Morgan fingerprint density at radius 1 is 1.06 bits per heavy atom. The lowest BCUT2D eigenvalue weighted by Gasteiger charge is -2.30. The lowest BCUT2D eigenvalue weighted by molar-refractivity contribution is -0.143. The SMILES string of the molecule is CC(=O)N(CC1CCC(C(N)=O)CC1)C(C)=O. The van der Waals surface area contributed by atoms with Crippen molar-refractivity contribution < 1.29 is 14.4 Å². The smallest absolute Gasteiger partial charge is 0.226 e. The molecule has 0 heterocycles. The van der Waals surface area contributed by atoms with Crippen molar-refractivity contribution in [2.45, 2.75) is 39.5 Å². The Kier molecular flexibility index (Phi) is 4.66. The second kappa shape index (κ2) is 5.80. The van der Waals surface area contributed by atoms with Gasteiger partial charge >= 0.3 is 0 Å². The average Bonchev–Trinajstić information content (AvgIpc) is 2.25. The van der Waals surface area contributed by atoms with Gasteiger partial charge in [0.2, 0.25) is 17.7 Å². The molecular formula is C12H20N2O3. The fourth-order valence-corrected chi connectivity index (χ4v) is 2.37. The van der Waals surface area contributed by atoms with Crippen LogP contribution < -0.4 is 5.73 Å². The van der Waals surface area contributed by atoms with Crippen molar-refractivity contribution in [1.82, 2.24) is 4.90 Å². The molecule has 0 spiro atoms. The predicted octanol–water partition coefficient (Wildman–Crippen LogP) is 0.673. The third kappa shape index (κ3) is 3.84. The van der Waals surface area contributed by atoms with Crippen LogP contribution in [0.25, 0.3) is 0 Å². The largest absolute Gasteiger partial charge is 0.369 e. The molecule has 3 amide bonds. The van der Waals surface area contributed by atoms with Gasteiger partial charge < -0.3 is 5.73 Å². The predicted molar refractivity (Wildman–Crippen MR) is 62.7 cm³/mol. The summed E-state index contributed by atoms with van der Waals surface area (Å²) in [5.74, 6) is -0.393. The number of nitrogens with zero attached hydrogens (tertiary/aromatic N) is 1. The van der Waals surface area contributed by atoms with Crippen molar-refractivity contribution in [3.63, 3.8) is 0 Å². The van der Waals surface area contributed by atoms with Gasteiger partial charge in [0.1, 0.15) is 0 Å². The summed E-state index contributed by atoms with van der Waals surface area (Å²) in [7, 11) is 0. The number of carbonyl (C=O) groups is 3. The van der Waals surface area contributed by atoms with E-state index >= 15 is 0 Å². The Morgan fingerprint density at radius 3 is 1.88 bits per heavy atom. The van der Waals surface area contributed by atoms with Crippen molar-refractivity contribution in [2.75, 3.05) is 6.54 Å². The monoisotopic (exact) mass is 240 g/mol. The van der Waals surface area contributed by atoms with E-state index in [1.165, 1.54) is 18.7 Å². The zero-order valence-corrected chi connectivity index (χ0v) is 10.4. The van der Waals surface area contributed by atoms with Gasteiger partial charge in [0.15, 0.2) is 0 Å². The van der Waals surface area contributed by atoms with Gasteiger partial charge in [-0.05, 0) is 31.6 Å². The molecule has 0 aromatic carbocycles. The first-order valence-electron chi connectivity index (χ1n) is 5.99. The van der Waals surface area contributed by atoms with Crippen LogP contribution in [-0.2, 0) is 14.4 Å². The third-order valence-corrected chi connectivity index (χ3v) is 3.45. The number of hydrogen-bond donors (Lipinski definition) is 1. The maximum absolute atomic E-state index is 11.3. The molecule has 1 fully saturated rings. The number of hydrogen-bond acceptors (Lipinski definition) is 3. The molecule has 17 heavy (non-hydrogen) atoms. The highest BCUT2D eigenvalue weighted by Crippen LogP contribution is 2.29. The van der Waals surface area contributed by atoms with Crippen LogP contribution in [0.1, 0.15) is 39.5 Å². The molecule has 5 nitrogen and oxygen atoms in total. The minimum absolute atomic E-state index is 0.0330. The summed E-state index contributed by atoms with van der Waals surface area (Å²) in [4.78, 5) is 34.8. The molecule has 0 aromatic rings. The lowest BCUT2D eigenvalue weighted by Crippen LogP contribution is -2.39. The molecule has 0 unspecified atom stereocenters. The number of rotatable bonds is 3. The number of amides is 3. The first-order chi connectivity index (χ1) is 7.91. The van der Waals surface area contributed by atoms with Gasteiger partial charge in [-0.1, -0.05) is 0 Å². The summed E-state index contributed by atoms with van der Waals surface area (Å²) in [5.41, 5.74) is 5.25. The quantitative estimate of drug-likeness (QED) is 0.787. The molecule has 1 aliphatic rings. The van der Waals surface area contributed by atoms with E-state index in [1.54, 1.807) is 0 Å². The van der Waals surface area contributed by atoms with Crippen LogP contribution in [0.3, 0.4) is 0 Å². The first-order valence-corrected chi connectivity index (χ1v) is 5.99. The van der Waals surface area contributed by atoms with E-state index < -0.39 is 0 Å². The van der Waals surface area contributed by atoms with Gasteiger partial charge in [-0.25, -0.2) is 0 Å². The van der Waals surface area contributed by atoms with Crippen LogP contribution >= 0.6 is 0 Å². The molecule has 5 heteroatoms. The third-order valence-electron chi connectivity index (χ3n) is 3.45. The van der Waals surface area contributed by atoms with Crippen molar-refractivity contribution in [3.8, 4) is 0 Å². The molecule has 96 valence electrons. The van der Waals surface area contributed by atoms with Crippen molar-refractivity contribution in [3.05, 3.63) is 0 Å². The van der Waals surface area contributed by atoms with E-state index in [2.05, 4.69) is 0 Å². The number of carbonyl (C=O) groups excluding carboxylic acids is 3. The van der Waals surface area contributed by atoms with E-state index in [4.69, 9.17) is 5.73 Å². The average molecular weight is 240 g/mol. The number of imide groups is 1. The Morgan fingerprint density at radius 2 is 1.53 bits per heavy atom. The Bertz CT molecular complexity index is 306. The molecule has 1 aliphatic carbocycles. The van der Waals surface area contributed by atoms with Crippen LogP contribution in [-0.4, -0.2) is 29.2 Å². The summed E-state index contributed by atoms with van der Waals surface area (Å²) in [5, 5.41) is 0. The van der Waals surface area contributed by atoms with E-state index in [0.717, 1.165) is 25.7 Å². The van der Waals surface area contributed by atoms with Gasteiger partial charge in [-0.2, -0.15) is 0 Å². The fourth-order valence-electron chi connectivity index (χ4n) is 2.37. The molecule has 1 rings (SSSR count). The lowest BCUT2D eigenvalue weighted by atomic mass is 9.81. The van der Waals surface area contributed by atoms with Gasteiger partial charge in [0, 0.05) is 26.3 Å². The molecule has 2 N–H and O–H groups in total. The molecule has 0 atom stereocenters.